The Morgan fingerprint density at radius 2 is 1.81 bits per heavy atom. The van der Waals surface area contributed by atoms with Gasteiger partial charge in [0.2, 0.25) is 0 Å². The summed E-state index contributed by atoms with van der Waals surface area (Å²) in [5.41, 5.74) is 1.10. The molecule has 0 N–H and O–H groups in total. The molecule has 0 saturated heterocycles. The van der Waals surface area contributed by atoms with Gasteiger partial charge in [0.15, 0.2) is 17.3 Å². The Labute approximate surface area is 122 Å². The molecule has 0 saturated carbocycles. The summed E-state index contributed by atoms with van der Waals surface area (Å²) in [5.74, 6) is 0.508. The molecule has 4 heteroatoms. The summed E-state index contributed by atoms with van der Waals surface area (Å²) in [6.07, 6.45) is 3.05. The zero-order valence-electron chi connectivity index (χ0n) is 11.8. The maximum atomic E-state index is 13.1. The lowest BCUT2D eigenvalue weighted by atomic mass is 10.1. The first-order valence-corrected chi connectivity index (χ1v) is 6.34. The first-order chi connectivity index (χ1) is 10.1. The molecular weight excluding hydrogens is 271 g/mol. The molecule has 0 unspecified atom stereocenters. The van der Waals surface area contributed by atoms with E-state index in [0.29, 0.717) is 17.1 Å². The Balaban J connectivity index is 2.19. The van der Waals surface area contributed by atoms with Crippen molar-refractivity contribution in [3.05, 3.63) is 65.5 Å². The van der Waals surface area contributed by atoms with Crippen molar-refractivity contribution in [3.63, 3.8) is 0 Å². The minimum Gasteiger partial charge on any atom is -0.493 e. The van der Waals surface area contributed by atoms with Crippen LogP contribution in [-0.4, -0.2) is 20.0 Å². The minimum absolute atomic E-state index is 0.260. The van der Waals surface area contributed by atoms with Gasteiger partial charge in [0.05, 0.1) is 14.2 Å². The van der Waals surface area contributed by atoms with E-state index in [1.807, 2.05) is 0 Å². The van der Waals surface area contributed by atoms with Crippen LogP contribution in [0.3, 0.4) is 0 Å². The van der Waals surface area contributed by atoms with Gasteiger partial charge < -0.3 is 9.47 Å². The van der Waals surface area contributed by atoms with Gasteiger partial charge in [-0.25, -0.2) is 4.39 Å². The fourth-order valence-corrected chi connectivity index (χ4v) is 1.87. The largest absolute Gasteiger partial charge is 0.493 e. The summed E-state index contributed by atoms with van der Waals surface area (Å²) < 4.78 is 23.4. The molecule has 0 amide bonds. The van der Waals surface area contributed by atoms with E-state index >= 15 is 0 Å². The fourth-order valence-electron chi connectivity index (χ4n) is 1.87. The zero-order valence-corrected chi connectivity index (χ0v) is 11.8. The molecule has 108 valence electrons. The molecule has 0 aromatic heterocycles. The van der Waals surface area contributed by atoms with E-state index in [2.05, 4.69) is 0 Å². The molecule has 0 atom stereocenters. The lowest BCUT2D eigenvalue weighted by molar-refractivity contribution is 0.104. The van der Waals surface area contributed by atoms with Gasteiger partial charge in [0, 0.05) is 5.56 Å². The summed E-state index contributed by atoms with van der Waals surface area (Å²) in [6, 6.07) is 10.9. The van der Waals surface area contributed by atoms with Gasteiger partial charge in [-0.2, -0.15) is 0 Å². The fraction of sp³-hybridized carbons (Fsp3) is 0.118. The first kappa shape index (κ1) is 14.8. The predicted molar refractivity (Wildman–Crippen MR) is 79.3 cm³/mol. The molecule has 0 fully saturated rings. The molecule has 0 aliphatic rings. The molecule has 21 heavy (non-hydrogen) atoms. The Morgan fingerprint density at radius 1 is 1.05 bits per heavy atom. The van der Waals surface area contributed by atoms with Crippen LogP contribution in [0.15, 0.2) is 48.5 Å². The number of ether oxygens (including phenoxy) is 2. The van der Waals surface area contributed by atoms with Crippen LogP contribution < -0.4 is 9.47 Å². The second-order valence-corrected chi connectivity index (χ2v) is 4.32. The predicted octanol–water partition coefficient (Wildman–Crippen LogP) is 3.74. The third-order valence-electron chi connectivity index (χ3n) is 2.94. The highest BCUT2D eigenvalue weighted by Crippen LogP contribution is 2.28. The van der Waals surface area contributed by atoms with Crippen LogP contribution in [0, 0.1) is 5.82 Å². The van der Waals surface area contributed by atoms with Crippen molar-refractivity contribution in [2.75, 3.05) is 14.2 Å². The van der Waals surface area contributed by atoms with Crippen LogP contribution in [0.1, 0.15) is 15.9 Å². The van der Waals surface area contributed by atoms with Crippen LogP contribution in [0.25, 0.3) is 6.08 Å². The number of carbonyl (C=O) groups excluding carboxylic acids is 1. The normalized spacial score (nSPS) is 10.6. The monoisotopic (exact) mass is 286 g/mol. The molecule has 0 bridgehead atoms. The number of carbonyl (C=O) groups is 1. The number of allylic oxidation sites excluding steroid dienone is 1. The molecule has 3 nitrogen and oxygen atoms in total. The summed E-state index contributed by atoms with van der Waals surface area (Å²) in [7, 11) is 3.10. The van der Waals surface area contributed by atoms with Gasteiger partial charge in [-0.15, -0.1) is 0 Å². The molecule has 0 heterocycles. The second-order valence-electron chi connectivity index (χ2n) is 4.32. The molecule has 2 rings (SSSR count). The summed E-state index contributed by atoms with van der Waals surface area (Å²) in [6.45, 7) is 0. The Kier molecular flexibility index (Phi) is 4.72. The van der Waals surface area contributed by atoms with Crippen molar-refractivity contribution in [3.8, 4) is 11.5 Å². The highest BCUT2D eigenvalue weighted by Gasteiger charge is 2.05. The number of hydrogen-bond donors (Lipinski definition) is 0. The lowest BCUT2D eigenvalue weighted by Gasteiger charge is -2.07. The maximum absolute atomic E-state index is 13.1. The van der Waals surface area contributed by atoms with Crippen molar-refractivity contribution in [2.24, 2.45) is 0 Å². The zero-order chi connectivity index (χ0) is 15.2. The van der Waals surface area contributed by atoms with Crippen molar-refractivity contribution in [1.29, 1.82) is 0 Å². The number of rotatable bonds is 5. The van der Waals surface area contributed by atoms with Crippen LogP contribution in [0.5, 0.6) is 11.5 Å². The summed E-state index contributed by atoms with van der Waals surface area (Å²) in [4.78, 5) is 11.9. The number of hydrogen-bond acceptors (Lipinski definition) is 3. The Bertz CT molecular complexity index is 677. The average molecular weight is 286 g/mol. The van der Waals surface area contributed by atoms with Crippen molar-refractivity contribution < 1.29 is 18.7 Å². The van der Waals surface area contributed by atoms with E-state index in [1.165, 1.54) is 24.3 Å². The van der Waals surface area contributed by atoms with Crippen LogP contribution in [0.2, 0.25) is 0 Å². The third-order valence-corrected chi connectivity index (χ3v) is 2.94. The molecule has 2 aromatic carbocycles. The maximum Gasteiger partial charge on any atom is 0.185 e. The topological polar surface area (TPSA) is 35.5 Å². The number of methoxy groups -OCH3 is 2. The summed E-state index contributed by atoms with van der Waals surface area (Å²) >= 11 is 0. The Hall–Kier alpha value is -2.62. The van der Waals surface area contributed by atoms with Gasteiger partial charge in [-0.1, -0.05) is 24.3 Å². The average Bonchev–Trinajstić information content (AvgIpc) is 2.52. The van der Waals surface area contributed by atoms with Crippen LogP contribution in [-0.2, 0) is 0 Å². The van der Waals surface area contributed by atoms with E-state index in [0.717, 1.165) is 5.56 Å². The van der Waals surface area contributed by atoms with Gasteiger partial charge >= 0.3 is 0 Å². The van der Waals surface area contributed by atoms with Gasteiger partial charge in [0.1, 0.15) is 5.82 Å². The smallest absolute Gasteiger partial charge is 0.185 e. The molecule has 2 aromatic rings. The SMILES string of the molecule is COc1ccc(/C=C/C(=O)c2cccc(F)c2)cc1OC. The quantitative estimate of drug-likeness (QED) is 0.620. The van der Waals surface area contributed by atoms with E-state index in [1.54, 1.807) is 44.6 Å². The lowest BCUT2D eigenvalue weighted by Crippen LogP contribution is -1.94. The van der Waals surface area contributed by atoms with Crippen molar-refractivity contribution in [1.82, 2.24) is 0 Å². The molecule has 0 radical (unpaired) electrons. The Morgan fingerprint density at radius 3 is 2.48 bits per heavy atom. The van der Waals surface area contributed by atoms with Crippen molar-refractivity contribution >= 4 is 11.9 Å². The summed E-state index contributed by atoms with van der Waals surface area (Å²) in [5, 5.41) is 0. The van der Waals surface area contributed by atoms with Crippen LogP contribution in [0.4, 0.5) is 4.39 Å². The highest BCUT2D eigenvalue weighted by atomic mass is 19.1. The van der Waals surface area contributed by atoms with Gasteiger partial charge in [-0.3, -0.25) is 4.79 Å². The number of halogens is 1. The van der Waals surface area contributed by atoms with E-state index in [-0.39, 0.29) is 5.78 Å². The van der Waals surface area contributed by atoms with E-state index in [9.17, 15) is 9.18 Å². The molecule has 0 aliphatic heterocycles. The van der Waals surface area contributed by atoms with Gasteiger partial charge in [-0.05, 0) is 35.9 Å². The number of ketones is 1. The minimum atomic E-state index is -0.430. The van der Waals surface area contributed by atoms with Crippen LogP contribution >= 0.6 is 0 Å². The standard InChI is InChI=1S/C17H15FO3/c1-20-16-9-7-12(10-17(16)21-2)6-8-15(19)13-4-3-5-14(18)11-13/h3-11H,1-2H3/b8-6+. The number of benzene rings is 2. The molecule has 0 spiro atoms. The second kappa shape index (κ2) is 6.70. The highest BCUT2D eigenvalue weighted by molar-refractivity contribution is 6.06. The van der Waals surface area contributed by atoms with Crippen molar-refractivity contribution in [2.45, 2.75) is 0 Å². The first-order valence-electron chi connectivity index (χ1n) is 6.34. The molecular formula is C17H15FO3. The van der Waals surface area contributed by atoms with E-state index in [4.69, 9.17) is 9.47 Å². The molecule has 0 aliphatic carbocycles. The van der Waals surface area contributed by atoms with E-state index < -0.39 is 5.82 Å². The third kappa shape index (κ3) is 3.69. The van der Waals surface area contributed by atoms with Gasteiger partial charge in [0.25, 0.3) is 0 Å².